The molecule has 0 amide bonds. The van der Waals surface area contributed by atoms with Crippen molar-refractivity contribution in [2.45, 2.75) is 26.8 Å². The number of thiazole rings is 1. The number of rotatable bonds is 2. The molecule has 1 unspecified atom stereocenters. The first-order chi connectivity index (χ1) is 5.95. The van der Waals surface area contributed by atoms with Crippen LogP contribution in [0.1, 0.15) is 23.5 Å². The van der Waals surface area contributed by atoms with Crippen molar-refractivity contribution >= 4 is 29.5 Å². The Morgan fingerprint density at radius 1 is 1.62 bits per heavy atom. The van der Waals surface area contributed by atoms with E-state index >= 15 is 0 Å². The zero-order chi connectivity index (χ0) is 10.2. The van der Waals surface area contributed by atoms with Gasteiger partial charge in [-0.3, -0.25) is 0 Å². The number of aromatic nitrogens is 1. The van der Waals surface area contributed by atoms with Gasteiger partial charge in [0.15, 0.2) is 3.95 Å². The maximum absolute atomic E-state index is 10.8. The Kier molecular flexibility index (Phi) is 2.87. The molecule has 1 rings (SSSR count). The van der Waals surface area contributed by atoms with E-state index in [-0.39, 0.29) is 0 Å². The van der Waals surface area contributed by atoms with Crippen LogP contribution in [0.3, 0.4) is 0 Å². The van der Waals surface area contributed by atoms with Crippen molar-refractivity contribution in [1.29, 1.82) is 0 Å². The minimum Gasteiger partial charge on any atom is -0.480 e. The summed E-state index contributed by atoms with van der Waals surface area (Å²) in [7, 11) is 0. The van der Waals surface area contributed by atoms with Crippen LogP contribution in [0.5, 0.6) is 0 Å². The molecule has 1 atom stereocenters. The van der Waals surface area contributed by atoms with Gasteiger partial charge in [0.1, 0.15) is 6.04 Å². The lowest BCUT2D eigenvalue weighted by Gasteiger charge is -2.10. The second-order valence-corrected chi connectivity index (χ2v) is 4.74. The highest BCUT2D eigenvalue weighted by Gasteiger charge is 2.17. The second-order valence-electron chi connectivity index (χ2n) is 2.89. The number of aryl methyl sites for hydroxylation is 1. The average molecular weight is 217 g/mol. The predicted molar refractivity (Wildman–Crippen MR) is 55.0 cm³/mol. The molecule has 0 aromatic carbocycles. The smallest absolute Gasteiger partial charge is 0.326 e. The molecule has 0 radical (unpaired) electrons. The molecule has 0 aliphatic rings. The van der Waals surface area contributed by atoms with E-state index in [1.807, 2.05) is 13.8 Å². The Morgan fingerprint density at radius 2 is 2.15 bits per heavy atom. The highest BCUT2D eigenvalue weighted by atomic mass is 32.1. The molecule has 0 bridgehead atoms. The molecule has 0 saturated carbocycles. The number of carboxylic acids is 1. The first-order valence-electron chi connectivity index (χ1n) is 3.86. The van der Waals surface area contributed by atoms with Crippen LogP contribution in [0.15, 0.2) is 0 Å². The van der Waals surface area contributed by atoms with Gasteiger partial charge in [0.2, 0.25) is 0 Å². The molecule has 1 heterocycles. The van der Waals surface area contributed by atoms with Gasteiger partial charge in [-0.2, -0.15) is 0 Å². The van der Waals surface area contributed by atoms with E-state index in [9.17, 15) is 4.79 Å². The Morgan fingerprint density at radius 3 is 2.46 bits per heavy atom. The normalized spacial score (nSPS) is 12.8. The monoisotopic (exact) mass is 217 g/mol. The van der Waals surface area contributed by atoms with E-state index < -0.39 is 12.0 Å². The quantitative estimate of drug-likeness (QED) is 0.774. The summed E-state index contributed by atoms with van der Waals surface area (Å²) in [6.07, 6.45) is 0. The molecule has 72 valence electrons. The third-order valence-electron chi connectivity index (χ3n) is 2.05. The van der Waals surface area contributed by atoms with Crippen molar-refractivity contribution in [1.82, 2.24) is 4.57 Å². The molecule has 0 saturated heterocycles. The second kappa shape index (κ2) is 3.59. The SMILES string of the molecule is Cc1sc(=S)n(C(C)C(=O)O)c1C. The van der Waals surface area contributed by atoms with E-state index in [1.54, 1.807) is 11.5 Å². The van der Waals surface area contributed by atoms with Gasteiger partial charge in [0.25, 0.3) is 0 Å². The van der Waals surface area contributed by atoms with Gasteiger partial charge in [0, 0.05) is 10.6 Å². The number of hydrogen-bond donors (Lipinski definition) is 1. The fourth-order valence-electron chi connectivity index (χ4n) is 1.12. The standard InChI is InChI=1S/C8H11NO2S2/c1-4-6(3)13-8(12)9(4)5(2)7(10)11/h5H,1-3H3,(H,10,11). The summed E-state index contributed by atoms with van der Waals surface area (Å²) in [5, 5.41) is 8.83. The predicted octanol–water partition coefficient (Wildman–Crippen LogP) is 2.54. The topological polar surface area (TPSA) is 42.2 Å². The van der Waals surface area contributed by atoms with Crippen LogP contribution in [0.4, 0.5) is 0 Å². The van der Waals surface area contributed by atoms with Gasteiger partial charge in [-0.25, -0.2) is 4.79 Å². The van der Waals surface area contributed by atoms with Crippen molar-refractivity contribution < 1.29 is 9.90 Å². The Balaban J connectivity index is 3.29. The van der Waals surface area contributed by atoms with Gasteiger partial charge in [-0.1, -0.05) is 0 Å². The molecule has 3 nitrogen and oxygen atoms in total. The molecule has 1 aromatic rings. The van der Waals surface area contributed by atoms with Crippen LogP contribution in [0.25, 0.3) is 0 Å². The summed E-state index contributed by atoms with van der Waals surface area (Å²) in [5.74, 6) is -0.850. The first-order valence-corrected chi connectivity index (χ1v) is 5.09. The molecule has 5 heteroatoms. The van der Waals surface area contributed by atoms with Crippen LogP contribution < -0.4 is 0 Å². The van der Waals surface area contributed by atoms with Gasteiger partial charge in [0.05, 0.1) is 0 Å². The van der Waals surface area contributed by atoms with E-state index in [0.717, 1.165) is 10.6 Å². The van der Waals surface area contributed by atoms with Crippen molar-refractivity contribution in [2.75, 3.05) is 0 Å². The number of hydrogen-bond acceptors (Lipinski definition) is 3. The Labute approximate surface area is 85.6 Å². The van der Waals surface area contributed by atoms with Crippen molar-refractivity contribution in [3.05, 3.63) is 14.5 Å². The molecule has 1 aromatic heterocycles. The van der Waals surface area contributed by atoms with E-state index in [0.29, 0.717) is 3.95 Å². The van der Waals surface area contributed by atoms with Gasteiger partial charge >= 0.3 is 5.97 Å². The summed E-state index contributed by atoms with van der Waals surface area (Å²) in [6.45, 7) is 5.47. The third-order valence-corrected chi connectivity index (χ3v) is 3.47. The molecule has 13 heavy (non-hydrogen) atoms. The highest BCUT2D eigenvalue weighted by Crippen LogP contribution is 2.21. The Bertz CT molecular complexity index is 391. The van der Waals surface area contributed by atoms with E-state index in [1.165, 1.54) is 11.3 Å². The maximum Gasteiger partial charge on any atom is 0.326 e. The zero-order valence-electron chi connectivity index (χ0n) is 7.70. The molecular weight excluding hydrogens is 206 g/mol. The molecule has 0 spiro atoms. The van der Waals surface area contributed by atoms with Crippen molar-refractivity contribution in [3.8, 4) is 0 Å². The lowest BCUT2D eigenvalue weighted by molar-refractivity contribution is -0.140. The summed E-state index contributed by atoms with van der Waals surface area (Å²) in [4.78, 5) is 11.8. The minimum atomic E-state index is -0.850. The molecule has 1 N–H and O–H groups in total. The third kappa shape index (κ3) is 1.81. The van der Waals surface area contributed by atoms with Crippen molar-refractivity contribution in [2.24, 2.45) is 0 Å². The number of carbonyl (C=O) groups is 1. The number of aliphatic carboxylic acids is 1. The largest absolute Gasteiger partial charge is 0.480 e. The summed E-state index contributed by atoms with van der Waals surface area (Å²) >= 11 is 6.53. The lowest BCUT2D eigenvalue weighted by Crippen LogP contribution is -2.16. The fraction of sp³-hybridized carbons (Fsp3) is 0.500. The molecule has 0 aliphatic heterocycles. The molecule has 0 fully saturated rings. The first kappa shape index (κ1) is 10.4. The number of carboxylic acid groups (broad SMARTS) is 1. The van der Waals surface area contributed by atoms with Crippen molar-refractivity contribution in [3.63, 3.8) is 0 Å². The average Bonchev–Trinajstić information content (AvgIpc) is 2.26. The van der Waals surface area contributed by atoms with Crippen LogP contribution in [0, 0.1) is 17.8 Å². The zero-order valence-corrected chi connectivity index (χ0v) is 9.33. The van der Waals surface area contributed by atoms with E-state index in [2.05, 4.69) is 0 Å². The van der Waals surface area contributed by atoms with Crippen LogP contribution in [0.2, 0.25) is 0 Å². The Hall–Kier alpha value is -0.680. The summed E-state index contributed by atoms with van der Waals surface area (Å²) < 4.78 is 2.31. The summed E-state index contributed by atoms with van der Waals surface area (Å²) in [5.41, 5.74) is 0.949. The number of nitrogens with zero attached hydrogens (tertiary/aromatic N) is 1. The lowest BCUT2D eigenvalue weighted by atomic mass is 10.3. The van der Waals surface area contributed by atoms with Gasteiger partial charge in [-0.15, -0.1) is 11.3 Å². The highest BCUT2D eigenvalue weighted by molar-refractivity contribution is 7.73. The minimum absolute atomic E-state index is 0.572. The fourth-order valence-corrected chi connectivity index (χ4v) is 2.69. The summed E-state index contributed by atoms with van der Waals surface area (Å²) in [6, 6.07) is -0.572. The van der Waals surface area contributed by atoms with Crippen LogP contribution in [-0.4, -0.2) is 15.6 Å². The van der Waals surface area contributed by atoms with E-state index in [4.69, 9.17) is 17.3 Å². The van der Waals surface area contributed by atoms with Crippen LogP contribution in [-0.2, 0) is 4.79 Å². The molecule has 0 aliphatic carbocycles. The van der Waals surface area contributed by atoms with Crippen LogP contribution >= 0.6 is 23.6 Å². The maximum atomic E-state index is 10.8. The molecular formula is C8H11NO2S2. The van der Waals surface area contributed by atoms with Gasteiger partial charge < -0.3 is 9.67 Å². The van der Waals surface area contributed by atoms with Gasteiger partial charge in [-0.05, 0) is 33.0 Å².